The molecule has 0 bridgehead atoms. The van der Waals surface area contributed by atoms with Crippen LogP contribution in [0.3, 0.4) is 0 Å². The van der Waals surface area contributed by atoms with Crippen LogP contribution in [0.15, 0.2) is 48.9 Å². The summed E-state index contributed by atoms with van der Waals surface area (Å²) in [5, 5.41) is 13.2. The predicted octanol–water partition coefficient (Wildman–Crippen LogP) is 3.58. The van der Waals surface area contributed by atoms with Crippen molar-refractivity contribution in [3.05, 3.63) is 60.6 Å². The summed E-state index contributed by atoms with van der Waals surface area (Å²) in [5.41, 5.74) is 11.0. The van der Waals surface area contributed by atoms with Crippen molar-refractivity contribution in [2.45, 2.75) is 10.8 Å². The molecule has 0 saturated carbocycles. The largest absolute Gasteiger partial charge is 0.384 e. The van der Waals surface area contributed by atoms with Gasteiger partial charge in [-0.15, -0.1) is 10.2 Å². The number of aromatic nitrogens is 6. The minimum absolute atomic E-state index is 0.169. The Labute approximate surface area is 181 Å². The van der Waals surface area contributed by atoms with Crippen LogP contribution in [0.1, 0.15) is 15.6 Å². The van der Waals surface area contributed by atoms with E-state index in [0.29, 0.717) is 5.82 Å². The van der Waals surface area contributed by atoms with Crippen LogP contribution in [-0.4, -0.2) is 36.1 Å². The van der Waals surface area contributed by atoms with Gasteiger partial charge in [-0.2, -0.15) is 5.10 Å². The minimum Gasteiger partial charge on any atom is -0.384 e. The monoisotopic (exact) mass is 498 g/mol. The number of nitrogen functional groups attached to an aromatic ring is 1. The van der Waals surface area contributed by atoms with Gasteiger partial charge in [-0.05, 0) is 36.8 Å². The van der Waals surface area contributed by atoms with Gasteiger partial charge in [0.15, 0.2) is 5.82 Å². The van der Waals surface area contributed by atoms with Crippen molar-refractivity contribution in [1.82, 2.24) is 29.5 Å². The second kappa shape index (κ2) is 6.83. The number of alkyl halides is 1. The molecule has 29 heavy (non-hydrogen) atoms. The molecule has 0 radical (unpaired) electrons. The Morgan fingerprint density at radius 3 is 2.62 bits per heavy atom. The number of fused-ring (bicyclic) bond motifs is 3. The molecule has 1 aliphatic heterocycles. The zero-order valence-electron chi connectivity index (χ0n) is 16.0. The van der Waals surface area contributed by atoms with Crippen molar-refractivity contribution in [1.29, 1.82) is 0 Å². The fourth-order valence-corrected chi connectivity index (χ4v) is 4.49. The fraction of sp³-hybridized carbons (Fsp3) is 0.200. The lowest BCUT2D eigenvalue weighted by atomic mass is 10.1. The summed E-state index contributed by atoms with van der Waals surface area (Å²) in [4.78, 5) is 6.54. The second-order valence-electron chi connectivity index (χ2n) is 7.07. The fourth-order valence-electron chi connectivity index (χ4n) is 3.70. The molecule has 9 heteroatoms. The summed E-state index contributed by atoms with van der Waals surface area (Å²) in [5.74, 6) is 2.34. The predicted molar refractivity (Wildman–Crippen MR) is 121 cm³/mol. The number of benzene rings is 1. The third-order valence-corrected chi connectivity index (χ3v) is 6.05. The van der Waals surface area contributed by atoms with E-state index in [1.165, 1.54) is 0 Å². The molecule has 0 amide bonds. The van der Waals surface area contributed by atoms with Gasteiger partial charge in [-0.1, -0.05) is 28.7 Å². The maximum Gasteiger partial charge on any atom is 0.152 e. The molecule has 146 valence electrons. The Morgan fingerprint density at radius 1 is 1.07 bits per heavy atom. The Morgan fingerprint density at radius 2 is 1.90 bits per heavy atom. The number of hydrogen-bond acceptors (Lipinski definition) is 6. The van der Waals surface area contributed by atoms with E-state index in [4.69, 9.17) is 5.73 Å². The van der Waals surface area contributed by atoms with E-state index in [2.05, 4.69) is 70.5 Å². The first-order chi connectivity index (χ1) is 14.0. The third kappa shape index (κ3) is 3.05. The van der Waals surface area contributed by atoms with E-state index >= 15 is 0 Å². The molecule has 3 aromatic heterocycles. The van der Waals surface area contributed by atoms with Gasteiger partial charge in [0.2, 0.25) is 0 Å². The molecular formula is C20H19IN8. The standard InChI is InChI=1S/C20H19IN8/c1-12-25-26-20-16(21)11-28(15-9-24-27(2)10-15)18-7-13(3-5-17(18)29(12)20)14-4-6-19(22)23-8-14/h3-10,16H,11H2,1-2H3,(H2,22,23)/t16-/m1/s1. The molecule has 0 unspecified atom stereocenters. The maximum atomic E-state index is 5.76. The lowest BCUT2D eigenvalue weighted by Gasteiger charge is -2.25. The van der Waals surface area contributed by atoms with E-state index in [1.54, 1.807) is 6.20 Å². The quantitative estimate of drug-likeness (QED) is 0.336. The van der Waals surface area contributed by atoms with Gasteiger partial charge in [-0.3, -0.25) is 9.25 Å². The molecule has 0 spiro atoms. The number of aryl methyl sites for hydroxylation is 2. The maximum absolute atomic E-state index is 5.76. The first-order valence-electron chi connectivity index (χ1n) is 9.20. The molecule has 1 atom stereocenters. The van der Waals surface area contributed by atoms with Crippen LogP contribution in [0.5, 0.6) is 0 Å². The number of rotatable bonds is 2. The van der Waals surface area contributed by atoms with E-state index in [0.717, 1.165) is 46.4 Å². The van der Waals surface area contributed by atoms with Crippen LogP contribution in [0.4, 0.5) is 17.2 Å². The number of anilines is 3. The summed E-state index contributed by atoms with van der Waals surface area (Å²) >= 11 is 2.44. The van der Waals surface area contributed by atoms with E-state index in [1.807, 2.05) is 43.2 Å². The molecule has 1 aromatic carbocycles. The topological polar surface area (TPSA) is 90.7 Å². The van der Waals surface area contributed by atoms with Crippen LogP contribution in [0.25, 0.3) is 16.8 Å². The van der Waals surface area contributed by atoms with E-state index in [9.17, 15) is 0 Å². The highest BCUT2D eigenvalue weighted by Gasteiger charge is 2.29. The van der Waals surface area contributed by atoms with Crippen LogP contribution in [0, 0.1) is 6.92 Å². The van der Waals surface area contributed by atoms with Crippen LogP contribution in [-0.2, 0) is 7.05 Å². The molecule has 0 saturated heterocycles. The number of nitrogens with two attached hydrogens (primary N) is 1. The Bertz CT molecular complexity index is 1190. The minimum atomic E-state index is 0.169. The normalized spacial score (nSPS) is 15.7. The third-order valence-electron chi connectivity index (χ3n) is 5.10. The van der Waals surface area contributed by atoms with Gasteiger partial charge in [-0.25, -0.2) is 4.98 Å². The van der Waals surface area contributed by atoms with Crippen molar-refractivity contribution < 1.29 is 0 Å². The van der Waals surface area contributed by atoms with Crippen molar-refractivity contribution in [2.75, 3.05) is 17.2 Å². The molecule has 2 N–H and O–H groups in total. The lowest BCUT2D eigenvalue weighted by molar-refractivity contribution is 0.767. The first kappa shape index (κ1) is 18.1. The molecular weight excluding hydrogens is 479 g/mol. The summed E-state index contributed by atoms with van der Waals surface area (Å²) in [6.07, 6.45) is 5.73. The van der Waals surface area contributed by atoms with Crippen molar-refractivity contribution >= 4 is 39.8 Å². The van der Waals surface area contributed by atoms with Crippen molar-refractivity contribution in [3.63, 3.8) is 0 Å². The summed E-state index contributed by atoms with van der Waals surface area (Å²) in [6, 6.07) is 10.2. The SMILES string of the molecule is Cc1nnc2n1-c1ccc(-c3ccc(N)nc3)cc1N(c1cnn(C)c1)C[C@H]2I. The molecule has 1 aliphatic rings. The van der Waals surface area contributed by atoms with Crippen LogP contribution < -0.4 is 10.6 Å². The highest BCUT2D eigenvalue weighted by molar-refractivity contribution is 14.1. The zero-order valence-corrected chi connectivity index (χ0v) is 18.1. The second-order valence-corrected chi connectivity index (χ2v) is 8.57. The van der Waals surface area contributed by atoms with Crippen LogP contribution >= 0.6 is 22.6 Å². The van der Waals surface area contributed by atoms with E-state index < -0.39 is 0 Å². The molecule has 8 nitrogen and oxygen atoms in total. The summed E-state index contributed by atoms with van der Waals surface area (Å²) in [7, 11) is 1.93. The lowest BCUT2D eigenvalue weighted by Crippen LogP contribution is -2.20. The van der Waals surface area contributed by atoms with Gasteiger partial charge in [0.25, 0.3) is 0 Å². The van der Waals surface area contributed by atoms with Gasteiger partial charge >= 0.3 is 0 Å². The Hall–Kier alpha value is -2.95. The highest BCUT2D eigenvalue weighted by Crippen LogP contribution is 2.41. The first-order valence-corrected chi connectivity index (χ1v) is 10.4. The van der Waals surface area contributed by atoms with Crippen LogP contribution in [0.2, 0.25) is 0 Å². The number of nitrogens with zero attached hydrogens (tertiary/aromatic N) is 7. The average molecular weight is 498 g/mol. The van der Waals surface area contributed by atoms with Gasteiger partial charge in [0.05, 0.1) is 27.2 Å². The van der Waals surface area contributed by atoms with Gasteiger partial charge < -0.3 is 10.6 Å². The van der Waals surface area contributed by atoms with Crippen molar-refractivity contribution in [3.8, 4) is 16.8 Å². The smallest absolute Gasteiger partial charge is 0.152 e. The Kier molecular flexibility index (Phi) is 4.26. The van der Waals surface area contributed by atoms with Gasteiger partial charge in [0, 0.05) is 31.5 Å². The number of halogens is 1. The molecule has 4 aromatic rings. The summed E-state index contributed by atoms with van der Waals surface area (Å²) < 4.78 is 4.14. The zero-order chi connectivity index (χ0) is 20.1. The number of hydrogen-bond donors (Lipinski definition) is 1. The van der Waals surface area contributed by atoms with Gasteiger partial charge in [0.1, 0.15) is 11.6 Å². The average Bonchev–Trinajstić information content (AvgIpc) is 3.29. The molecule has 5 rings (SSSR count). The van der Waals surface area contributed by atoms with Crippen molar-refractivity contribution in [2.24, 2.45) is 7.05 Å². The van der Waals surface area contributed by atoms with E-state index in [-0.39, 0.29) is 3.92 Å². The highest BCUT2D eigenvalue weighted by atomic mass is 127. The molecule has 0 aliphatic carbocycles. The number of pyridine rings is 1. The molecule has 4 heterocycles. The summed E-state index contributed by atoms with van der Waals surface area (Å²) in [6.45, 7) is 2.75. The Balaban J connectivity index is 1.74. The molecule has 0 fully saturated rings.